The maximum Gasteiger partial charge on any atom is 0.0771 e. The second-order valence-electron chi connectivity index (χ2n) is 2.25. The molecule has 0 radical (unpaired) electrons. The molecule has 0 aromatic rings. The highest BCUT2D eigenvalue weighted by Gasteiger charge is 2.06. The maximum atomic E-state index is 8.76. The molecular weight excluding hydrogens is 136 g/mol. The molecule has 0 saturated carbocycles. The zero-order valence-electron chi connectivity index (χ0n) is 5.77. The molecule has 0 aliphatic carbocycles. The lowest BCUT2D eigenvalue weighted by atomic mass is 10.1. The number of rotatable bonds is 5. The summed E-state index contributed by atoms with van der Waals surface area (Å²) >= 11 is 0. The van der Waals surface area contributed by atoms with Gasteiger partial charge in [0.2, 0.25) is 0 Å². The lowest BCUT2D eigenvalue weighted by Gasteiger charge is -2.09. The molecule has 10 heavy (non-hydrogen) atoms. The third-order valence-electron chi connectivity index (χ3n) is 1.25. The highest BCUT2D eigenvalue weighted by molar-refractivity contribution is 4.58. The summed E-state index contributed by atoms with van der Waals surface area (Å²) in [4.78, 5) is 0. The van der Waals surface area contributed by atoms with Crippen LogP contribution in [0.2, 0.25) is 0 Å². The van der Waals surface area contributed by atoms with Crippen LogP contribution in [0.25, 0.3) is 0 Å². The SMILES string of the molecule is OC[C@@H](O)CC[C@H](O)CO. The molecule has 2 atom stereocenters. The van der Waals surface area contributed by atoms with Gasteiger partial charge in [0.15, 0.2) is 0 Å². The summed E-state index contributed by atoms with van der Waals surface area (Å²) in [7, 11) is 0. The van der Waals surface area contributed by atoms with Crippen molar-refractivity contribution in [3.63, 3.8) is 0 Å². The number of aliphatic hydroxyl groups is 4. The van der Waals surface area contributed by atoms with E-state index in [1.165, 1.54) is 0 Å². The lowest BCUT2D eigenvalue weighted by molar-refractivity contribution is 0.0487. The van der Waals surface area contributed by atoms with E-state index in [0.29, 0.717) is 12.8 Å². The molecule has 0 spiro atoms. The monoisotopic (exact) mass is 150 g/mol. The van der Waals surface area contributed by atoms with E-state index in [2.05, 4.69) is 0 Å². The Morgan fingerprint density at radius 1 is 0.800 bits per heavy atom. The van der Waals surface area contributed by atoms with Crippen LogP contribution in [0.3, 0.4) is 0 Å². The molecule has 0 fully saturated rings. The highest BCUT2D eigenvalue weighted by atomic mass is 16.3. The van der Waals surface area contributed by atoms with Gasteiger partial charge in [-0.2, -0.15) is 0 Å². The minimum Gasteiger partial charge on any atom is -0.394 e. The average Bonchev–Trinajstić information content (AvgIpc) is 1.99. The van der Waals surface area contributed by atoms with Crippen molar-refractivity contribution in [3.8, 4) is 0 Å². The first-order valence-corrected chi connectivity index (χ1v) is 3.28. The Morgan fingerprint density at radius 2 is 1.10 bits per heavy atom. The Hall–Kier alpha value is -0.160. The summed E-state index contributed by atoms with van der Waals surface area (Å²) < 4.78 is 0. The Morgan fingerprint density at radius 3 is 1.30 bits per heavy atom. The second kappa shape index (κ2) is 5.61. The van der Waals surface area contributed by atoms with Crippen molar-refractivity contribution in [1.82, 2.24) is 0 Å². The molecule has 0 saturated heterocycles. The second-order valence-corrected chi connectivity index (χ2v) is 2.25. The summed E-state index contributed by atoms with van der Waals surface area (Å²) in [5.74, 6) is 0. The van der Waals surface area contributed by atoms with Gasteiger partial charge in [-0.1, -0.05) is 0 Å². The van der Waals surface area contributed by atoms with Crippen molar-refractivity contribution in [2.24, 2.45) is 0 Å². The summed E-state index contributed by atoms with van der Waals surface area (Å²) in [6, 6.07) is 0. The molecule has 0 bridgehead atoms. The fraction of sp³-hybridized carbons (Fsp3) is 1.00. The molecule has 0 heterocycles. The van der Waals surface area contributed by atoms with Crippen LogP contribution in [0, 0.1) is 0 Å². The van der Waals surface area contributed by atoms with Crippen molar-refractivity contribution >= 4 is 0 Å². The first kappa shape index (κ1) is 9.84. The zero-order chi connectivity index (χ0) is 7.98. The van der Waals surface area contributed by atoms with Gasteiger partial charge in [0, 0.05) is 0 Å². The van der Waals surface area contributed by atoms with E-state index in [1.807, 2.05) is 0 Å². The van der Waals surface area contributed by atoms with Gasteiger partial charge in [-0.05, 0) is 12.8 Å². The molecule has 0 amide bonds. The van der Waals surface area contributed by atoms with Crippen LogP contribution in [-0.4, -0.2) is 45.8 Å². The van der Waals surface area contributed by atoms with Crippen LogP contribution in [0.5, 0.6) is 0 Å². The van der Waals surface area contributed by atoms with E-state index in [0.717, 1.165) is 0 Å². The Bertz CT molecular complexity index is 66.1. The van der Waals surface area contributed by atoms with E-state index in [4.69, 9.17) is 20.4 Å². The summed E-state index contributed by atoms with van der Waals surface area (Å²) in [6.45, 7) is -0.587. The van der Waals surface area contributed by atoms with Gasteiger partial charge in [0.05, 0.1) is 25.4 Å². The third kappa shape index (κ3) is 4.69. The van der Waals surface area contributed by atoms with Gasteiger partial charge in [0.25, 0.3) is 0 Å². The van der Waals surface area contributed by atoms with Crippen LogP contribution < -0.4 is 0 Å². The first-order chi connectivity index (χ1) is 4.70. The molecule has 62 valence electrons. The molecule has 4 nitrogen and oxygen atoms in total. The zero-order valence-corrected chi connectivity index (χ0v) is 5.77. The standard InChI is InChI=1S/C6H14O4/c7-3-5(9)1-2-6(10)4-8/h5-10H,1-4H2/t5-,6-/m0/s1. The summed E-state index contributed by atoms with van der Waals surface area (Å²) in [6.07, 6.45) is -0.918. The maximum absolute atomic E-state index is 8.76. The van der Waals surface area contributed by atoms with Crippen LogP contribution in [0.15, 0.2) is 0 Å². The molecule has 4 N–H and O–H groups in total. The van der Waals surface area contributed by atoms with E-state index in [1.54, 1.807) is 0 Å². The van der Waals surface area contributed by atoms with Crippen LogP contribution in [0.4, 0.5) is 0 Å². The van der Waals surface area contributed by atoms with Crippen LogP contribution in [-0.2, 0) is 0 Å². The summed E-state index contributed by atoms with van der Waals surface area (Å²) in [5, 5.41) is 34.2. The predicted molar refractivity (Wildman–Crippen MR) is 35.4 cm³/mol. The van der Waals surface area contributed by atoms with E-state index in [-0.39, 0.29) is 13.2 Å². The Balaban J connectivity index is 3.17. The first-order valence-electron chi connectivity index (χ1n) is 3.28. The summed E-state index contributed by atoms with van der Waals surface area (Å²) in [5.41, 5.74) is 0. The fourth-order valence-electron chi connectivity index (χ4n) is 0.567. The molecular formula is C6H14O4. The van der Waals surface area contributed by atoms with Gasteiger partial charge in [-0.15, -0.1) is 0 Å². The van der Waals surface area contributed by atoms with Gasteiger partial charge in [-0.3, -0.25) is 0 Å². The Kier molecular flexibility index (Phi) is 5.52. The molecule has 0 aromatic carbocycles. The number of aliphatic hydroxyl groups excluding tert-OH is 4. The lowest BCUT2D eigenvalue weighted by Crippen LogP contribution is -2.18. The molecule has 4 heteroatoms. The van der Waals surface area contributed by atoms with Crippen molar-refractivity contribution in [3.05, 3.63) is 0 Å². The van der Waals surface area contributed by atoms with Gasteiger partial charge in [0.1, 0.15) is 0 Å². The smallest absolute Gasteiger partial charge is 0.0771 e. The highest BCUT2D eigenvalue weighted by Crippen LogP contribution is 1.99. The normalized spacial score (nSPS) is 16.8. The molecule has 0 aliphatic heterocycles. The molecule has 0 rings (SSSR count). The number of hydrogen-bond donors (Lipinski definition) is 4. The molecule has 0 aromatic heterocycles. The van der Waals surface area contributed by atoms with Crippen molar-refractivity contribution in [2.45, 2.75) is 25.0 Å². The van der Waals surface area contributed by atoms with Gasteiger partial charge >= 0.3 is 0 Å². The minimum atomic E-state index is -0.777. The van der Waals surface area contributed by atoms with Crippen molar-refractivity contribution in [1.29, 1.82) is 0 Å². The largest absolute Gasteiger partial charge is 0.394 e. The predicted octanol–water partition coefficient (Wildman–Crippen LogP) is -1.53. The van der Waals surface area contributed by atoms with Gasteiger partial charge in [-0.25, -0.2) is 0 Å². The van der Waals surface area contributed by atoms with Crippen molar-refractivity contribution in [2.75, 3.05) is 13.2 Å². The van der Waals surface area contributed by atoms with E-state index < -0.39 is 12.2 Å². The van der Waals surface area contributed by atoms with Crippen LogP contribution >= 0.6 is 0 Å². The molecule has 0 unspecified atom stereocenters. The van der Waals surface area contributed by atoms with E-state index in [9.17, 15) is 0 Å². The van der Waals surface area contributed by atoms with Crippen molar-refractivity contribution < 1.29 is 20.4 Å². The minimum absolute atomic E-state index is 0.294. The quantitative estimate of drug-likeness (QED) is 0.383. The van der Waals surface area contributed by atoms with Gasteiger partial charge < -0.3 is 20.4 Å². The van der Waals surface area contributed by atoms with E-state index >= 15 is 0 Å². The third-order valence-corrected chi connectivity index (χ3v) is 1.25. The number of hydrogen-bond acceptors (Lipinski definition) is 4. The fourth-order valence-corrected chi connectivity index (χ4v) is 0.567. The topological polar surface area (TPSA) is 80.9 Å². The van der Waals surface area contributed by atoms with Crippen LogP contribution in [0.1, 0.15) is 12.8 Å². The molecule has 0 aliphatic rings. The Labute approximate surface area is 59.7 Å². The average molecular weight is 150 g/mol.